The minimum absolute atomic E-state index is 0.148. The van der Waals surface area contributed by atoms with Crippen molar-refractivity contribution in [3.63, 3.8) is 0 Å². The van der Waals surface area contributed by atoms with E-state index in [-0.39, 0.29) is 6.42 Å². The van der Waals surface area contributed by atoms with Crippen LogP contribution in [0.4, 0.5) is 0 Å². The first-order valence-electron chi connectivity index (χ1n) is 3.36. The van der Waals surface area contributed by atoms with Gasteiger partial charge in [0, 0.05) is 5.69 Å². The SMILES string of the molecule is Cc1[nH]cnc1CC(=O)C(=O)O. The Morgan fingerprint density at radius 2 is 2.33 bits per heavy atom. The molecular weight excluding hydrogens is 160 g/mol. The second-order valence-electron chi connectivity index (χ2n) is 2.38. The van der Waals surface area contributed by atoms with Crippen LogP contribution in [0, 0.1) is 6.92 Å². The van der Waals surface area contributed by atoms with Crippen LogP contribution in [-0.4, -0.2) is 26.8 Å². The molecule has 1 aromatic heterocycles. The summed E-state index contributed by atoms with van der Waals surface area (Å²) < 4.78 is 0. The second-order valence-corrected chi connectivity index (χ2v) is 2.38. The third-order valence-corrected chi connectivity index (χ3v) is 1.50. The monoisotopic (exact) mass is 168 g/mol. The van der Waals surface area contributed by atoms with E-state index in [1.54, 1.807) is 6.92 Å². The number of hydrogen-bond acceptors (Lipinski definition) is 3. The number of aliphatic carboxylic acids is 1. The minimum Gasteiger partial charge on any atom is -0.475 e. The smallest absolute Gasteiger partial charge is 0.372 e. The maximum atomic E-state index is 10.7. The highest BCUT2D eigenvalue weighted by molar-refractivity contribution is 6.33. The molecule has 2 N–H and O–H groups in total. The number of Topliss-reactive ketones (excluding diaryl/α,β-unsaturated/α-hetero) is 1. The number of nitrogens with one attached hydrogen (secondary N) is 1. The van der Waals surface area contributed by atoms with Gasteiger partial charge in [-0.25, -0.2) is 9.78 Å². The summed E-state index contributed by atoms with van der Waals surface area (Å²) in [7, 11) is 0. The van der Waals surface area contributed by atoms with Crippen LogP contribution in [0.1, 0.15) is 11.4 Å². The predicted octanol–water partition coefficient (Wildman–Crippen LogP) is -0.0857. The van der Waals surface area contributed by atoms with Gasteiger partial charge in [0.25, 0.3) is 0 Å². The van der Waals surface area contributed by atoms with Gasteiger partial charge in [0.15, 0.2) is 0 Å². The third kappa shape index (κ3) is 1.69. The first kappa shape index (κ1) is 8.45. The van der Waals surface area contributed by atoms with E-state index in [1.807, 2.05) is 0 Å². The van der Waals surface area contributed by atoms with Crippen molar-refractivity contribution >= 4 is 11.8 Å². The highest BCUT2D eigenvalue weighted by Gasteiger charge is 2.14. The van der Waals surface area contributed by atoms with Gasteiger partial charge in [-0.05, 0) is 6.92 Å². The zero-order valence-electron chi connectivity index (χ0n) is 6.50. The normalized spacial score (nSPS) is 9.75. The van der Waals surface area contributed by atoms with Crippen LogP contribution in [0.3, 0.4) is 0 Å². The molecule has 0 aliphatic rings. The fourth-order valence-corrected chi connectivity index (χ4v) is 0.793. The second kappa shape index (κ2) is 3.17. The molecule has 0 amide bonds. The van der Waals surface area contributed by atoms with Crippen LogP contribution in [0.2, 0.25) is 0 Å². The Hall–Kier alpha value is -1.65. The number of H-pyrrole nitrogens is 1. The fraction of sp³-hybridized carbons (Fsp3) is 0.286. The molecule has 64 valence electrons. The first-order chi connectivity index (χ1) is 5.61. The summed E-state index contributed by atoms with van der Waals surface area (Å²) in [5, 5.41) is 8.28. The Morgan fingerprint density at radius 3 is 2.75 bits per heavy atom. The lowest BCUT2D eigenvalue weighted by atomic mass is 10.2. The van der Waals surface area contributed by atoms with Crippen molar-refractivity contribution in [1.29, 1.82) is 0 Å². The number of hydrogen-bond donors (Lipinski definition) is 2. The number of rotatable bonds is 3. The lowest BCUT2D eigenvalue weighted by Gasteiger charge is -1.92. The van der Waals surface area contributed by atoms with E-state index < -0.39 is 11.8 Å². The highest BCUT2D eigenvalue weighted by Crippen LogP contribution is 2.01. The van der Waals surface area contributed by atoms with Gasteiger partial charge in [0.05, 0.1) is 18.4 Å². The number of aromatic amines is 1. The fourth-order valence-electron chi connectivity index (χ4n) is 0.793. The number of carboxylic acid groups (broad SMARTS) is 1. The van der Waals surface area contributed by atoms with Gasteiger partial charge in [-0.3, -0.25) is 4.79 Å². The molecule has 0 aliphatic carbocycles. The minimum atomic E-state index is -1.42. The number of aryl methyl sites for hydroxylation is 1. The largest absolute Gasteiger partial charge is 0.475 e. The van der Waals surface area contributed by atoms with Crippen molar-refractivity contribution in [2.75, 3.05) is 0 Å². The number of carboxylic acids is 1. The van der Waals surface area contributed by atoms with E-state index in [0.29, 0.717) is 5.69 Å². The van der Waals surface area contributed by atoms with Crippen molar-refractivity contribution in [2.45, 2.75) is 13.3 Å². The average Bonchev–Trinajstić information content (AvgIpc) is 2.36. The van der Waals surface area contributed by atoms with E-state index in [0.717, 1.165) is 5.69 Å². The number of ketones is 1. The summed E-state index contributed by atoms with van der Waals surface area (Å²) in [6.45, 7) is 1.73. The zero-order valence-corrected chi connectivity index (χ0v) is 6.50. The molecule has 12 heavy (non-hydrogen) atoms. The van der Waals surface area contributed by atoms with Gasteiger partial charge >= 0.3 is 5.97 Å². The number of imidazole rings is 1. The summed E-state index contributed by atoms with van der Waals surface area (Å²) in [5.41, 5.74) is 1.21. The maximum Gasteiger partial charge on any atom is 0.372 e. The van der Waals surface area contributed by atoms with Gasteiger partial charge in [-0.2, -0.15) is 0 Å². The summed E-state index contributed by atoms with van der Waals surface area (Å²) in [4.78, 5) is 27.4. The topological polar surface area (TPSA) is 83.0 Å². The first-order valence-corrected chi connectivity index (χ1v) is 3.36. The third-order valence-electron chi connectivity index (χ3n) is 1.50. The average molecular weight is 168 g/mol. The predicted molar refractivity (Wildman–Crippen MR) is 39.7 cm³/mol. The lowest BCUT2D eigenvalue weighted by Crippen LogP contribution is -2.15. The van der Waals surface area contributed by atoms with Crippen LogP contribution >= 0.6 is 0 Å². The molecule has 5 heteroatoms. The Morgan fingerprint density at radius 1 is 1.67 bits per heavy atom. The van der Waals surface area contributed by atoms with E-state index in [9.17, 15) is 9.59 Å². The molecule has 0 unspecified atom stereocenters. The van der Waals surface area contributed by atoms with Crippen molar-refractivity contribution < 1.29 is 14.7 Å². The van der Waals surface area contributed by atoms with Gasteiger partial charge in [-0.1, -0.05) is 0 Å². The van der Waals surface area contributed by atoms with Gasteiger partial charge in [0.1, 0.15) is 0 Å². The summed E-state index contributed by atoms with van der Waals surface area (Å²) in [6, 6.07) is 0. The van der Waals surface area contributed by atoms with Gasteiger partial charge in [-0.15, -0.1) is 0 Å². The molecular formula is C7H8N2O3. The summed E-state index contributed by atoms with van der Waals surface area (Å²) >= 11 is 0. The molecule has 5 nitrogen and oxygen atoms in total. The van der Waals surface area contributed by atoms with Crippen molar-refractivity contribution in [3.8, 4) is 0 Å². The zero-order chi connectivity index (χ0) is 9.14. The molecule has 0 aromatic carbocycles. The number of carbonyl (C=O) groups is 2. The highest BCUT2D eigenvalue weighted by atomic mass is 16.4. The maximum absolute atomic E-state index is 10.7. The molecule has 0 bridgehead atoms. The van der Waals surface area contributed by atoms with Crippen molar-refractivity contribution in [1.82, 2.24) is 9.97 Å². The lowest BCUT2D eigenvalue weighted by molar-refractivity contribution is -0.148. The summed E-state index contributed by atoms with van der Waals surface area (Å²) in [5.74, 6) is -2.26. The molecule has 0 spiro atoms. The van der Waals surface area contributed by atoms with Gasteiger partial charge < -0.3 is 10.1 Å². The van der Waals surface area contributed by atoms with Crippen LogP contribution in [0.15, 0.2) is 6.33 Å². The summed E-state index contributed by atoms with van der Waals surface area (Å²) in [6.07, 6.45) is 1.28. The van der Waals surface area contributed by atoms with Crippen LogP contribution in [0.5, 0.6) is 0 Å². The number of carbonyl (C=O) groups excluding carboxylic acids is 1. The molecule has 0 saturated heterocycles. The standard InChI is InChI=1S/C7H8N2O3/c1-4-5(9-3-8-4)2-6(10)7(11)12/h3H,2H2,1H3,(H,8,9)(H,11,12). The Bertz CT molecular complexity index is 316. The van der Waals surface area contributed by atoms with Crippen LogP contribution in [0.25, 0.3) is 0 Å². The Labute approximate surface area is 68.4 Å². The van der Waals surface area contributed by atoms with Crippen molar-refractivity contribution in [3.05, 3.63) is 17.7 Å². The van der Waals surface area contributed by atoms with E-state index in [4.69, 9.17) is 5.11 Å². The number of aromatic nitrogens is 2. The van der Waals surface area contributed by atoms with E-state index in [1.165, 1.54) is 6.33 Å². The quantitative estimate of drug-likeness (QED) is 0.618. The van der Waals surface area contributed by atoms with E-state index >= 15 is 0 Å². The number of nitrogens with zero attached hydrogens (tertiary/aromatic N) is 1. The Kier molecular flexibility index (Phi) is 2.23. The molecule has 1 heterocycles. The molecule has 0 saturated carbocycles. The van der Waals surface area contributed by atoms with Crippen LogP contribution < -0.4 is 0 Å². The van der Waals surface area contributed by atoms with Crippen molar-refractivity contribution in [2.24, 2.45) is 0 Å². The van der Waals surface area contributed by atoms with Gasteiger partial charge in [0.2, 0.25) is 5.78 Å². The molecule has 0 aliphatic heterocycles. The molecule has 0 atom stereocenters. The molecule has 1 rings (SSSR count). The Balaban J connectivity index is 2.71. The molecule has 0 radical (unpaired) electrons. The van der Waals surface area contributed by atoms with E-state index in [2.05, 4.69) is 9.97 Å². The van der Waals surface area contributed by atoms with Crippen LogP contribution in [-0.2, 0) is 16.0 Å². The molecule has 1 aromatic rings. The molecule has 0 fully saturated rings.